The molecule has 0 fully saturated rings. The third kappa shape index (κ3) is 2.65. The maximum absolute atomic E-state index is 11.5. The molecule has 2 N–H and O–H groups in total. The van der Waals surface area contributed by atoms with Crippen molar-refractivity contribution in [2.75, 3.05) is 0 Å². The Morgan fingerprint density at radius 3 is 2.38 bits per heavy atom. The van der Waals surface area contributed by atoms with E-state index in [1.807, 2.05) is 0 Å². The maximum atomic E-state index is 11.5. The molecular weight excluding hydrogens is 214 g/mol. The molecule has 0 saturated carbocycles. The van der Waals surface area contributed by atoms with E-state index in [4.69, 9.17) is 9.47 Å². The van der Waals surface area contributed by atoms with Crippen molar-refractivity contribution in [3.63, 3.8) is 0 Å². The van der Waals surface area contributed by atoms with Crippen molar-refractivity contribution in [2.45, 2.75) is 39.5 Å². The van der Waals surface area contributed by atoms with Gasteiger partial charge in [-0.3, -0.25) is 4.79 Å². The van der Waals surface area contributed by atoms with Crippen molar-refractivity contribution in [2.24, 2.45) is 0 Å². The number of carbonyl (C=O) groups excluding carboxylic acids is 2. The molecule has 1 rings (SSSR count). The molecular formula is C10H15NO5. The van der Waals surface area contributed by atoms with Gasteiger partial charge in [0, 0.05) is 19.9 Å². The predicted octanol–water partition coefficient (Wildman–Crippen LogP) is 0.590. The zero-order valence-corrected chi connectivity index (χ0v) is 9.66. The molecule has 1 heterocycles. The molecule has 0 saturated heterocycles. The largest absolute Gasteiger partial charge is 0.480 e. The molecule has 1 amide bonds. The molecule has 0 bridgehead atoms. The van der Waals surface area contributed by atoms with Crippen molar-refractivity contribution >= 4 is 11.9 Å². The highest BCUT2D eigenvalue weighted by Gasteiger charge is 2.39. The van der Waals surface area contributed by atoms with Gasteiger partial charge in [0.25, 0.3) is 11.7 Å². The Kier molecular flexibility index (Phi) is 3.11. The molecule has 16 heavy (non-hydrogen) atoms. The first-order valence-electron chi connectivity index (χ1n) is 4.89. The molecule has 0 aromatic heterocycles. The van der Waals surface area contributed by atoms with Crippen LogP contribution in [0.3, 0.4) is 0 Å². The molecule has 1 aliphatic rings. The van der Waals surface area contributed by atoms with E-state index in [9.17, 15) is 14.7 Å². The van der Waals surface area contributed by atoms with Crippen LogP contribution in [-0.4, -0.2) is 28.8 Å². The summed E-state index contributed by atoms with van der Waals surface area (Å²) in [5.74, 6) is -3.58. The summed E-state index contributed by atoms with van der Waals surface area (Å²) >= 11 is 0. The van der Waals surface area contributed by atoms with E-state index in [0.29, 0.717) is 0 Å². The minimum absolute atomic E-state index is 0.157. The SMILES string of the molecule is CC(C)NC(=O)C1=C(O)OC(C)(C)OC1=O. The summed E-state index contributed by atoms with van der Waals surface area (Å²) < 4.78 is 9.71. The molecule has 0 atom stereocenters. The first-order chi connectivity index (χ1) is 7.23. The van der Waals surface area contributed by atoms with E-state index in [1.54, 1.807) is 13.8 Å². The molecule has 0 unspecified atom stereocenters. The minimum Gasteiger partial charge on any atom is -0.480 e. The number of hydrogen-bond acceptors (Lipinski definition) is 5. The standard InChI is InChI=1S/C10H15NO5/c1-5(2)11-7(12)6-8(13)15-10(3,4)16-9(6)14/h5,13H,1-4H3,(H,11,12). The first kappa shape index (κ1) is 12.4. The zero-order valence-electron chi connectivity index (χ0n) is 9.66. The minimum atomic E-state index is -1.26. The van der Waals surface area contributed by atoms with Crippen LogP contribution in [0.1, 0.15) is 27.7 Å². The smallest absolute Gasteiger partial charge is 0.354 e. The summed E-state index contributed by atoms with van der Waals surface area (Å²) in [5.41, 5.74) is -0.506. The van der Waals surface area contributed by atoms with Gasteiger partial charge in [-0.05, 0) is 13.8 Å². The lowest BCUT2D eigenvalue weighted by Gasteiger charge is -2.30. The Hall–Kier alpha value is -1.72. The van der Waals surface area contributed by atoms with E-state index < -0.39 is 29.2 Å². The summed E-state index contributed by atoms with van der Waals surface area (Å²) in [6, 6.07) is -0.157. The van der Waals surface area contributed by atoms with Crippen LogP contribution in [0.4, 0.5) is 0 Å². The van der Waals surface area contributed by atoms with Gasteiger partial charge in [-0.15, -0.1) is 0 Å². The van der Waals surface area contributed by atoms with Gasteiger partial charge in [0.05, 0.1) is 0 Å². The summed E-state index contributed by atoms with van der Waals surface area (Å²) in [7, 11) is 0. The van der Waals surface area contributed by atoms with Crippen molar-refractivity contribution in [3.8, 4) is 0 Å². The van der Waals surface area contributed by atoms with Crippen LogP contribution >= 0.6 is 0 Å². The van der Waals surface area contributed by atoms with Crippen LogP contribution in [0, 0.1) is 0 Å². The van der Waals surface area contributed by atoms with E-state index in [2.05, 4.69) is 5.32 Å². The van der Waals surface area contributed by atoms with E-state index in [0.717, 1.165) is 0 Å². The molecule has 6 heteroatoms. The second-order valence-electron chi connectivity index (χ2n) is 4.20. The van der Waals surface area contributed by atoms with Gasteiger partial charge in [0.1, 0.15) is 0 Å². The van der Waals surface area contributed by atoms with E-state index in [1.165, 1.54) is 13.8 Å². The Bertz CT molecular complexity index is 356. The lowest BCUT2D eigenvalue weighted by molar-refractivity contribution is -0.221. The number of hydrogen-bond donors (Lipinski definition) is 2. The summed E-state index contributed by atoms with van der Waals surface area (Å²) in [6.45, 7) is 6.37. The van der Waals surface area contributed by atoms with Gasteiger partial charge in [-0.1, -0.05) is 0 Å². The Balaban J connectivity index is 2.95. The Morgan fingerprint density at radius 1 is 1.38 bits per heavy atom. The number of nitrogens with one attached hydrogen (secondary N) is 1. The number of amides is 1. The van der Waals surface area contributed by atoms with Gasteiger partial charge in [0.2, 0.25) is 5.57 Å². The van der Waals surface area contributed by atoms with Gasteiger partial charge in [-0.2, -0.15) is 0 Å². The van der Waals surface area contributed by atoms with Crippen LogP contribution in [0.5, 0.6) is 0 Å². The third-order valence-corrected chi connectivity index (χ3v) is 1.75. The topological polar surface area (TPSA) is 84.9 Å². The number of cyclic esters (lactones) is 1. The lowest BCUT2D eigenvalue weighted by Crippen LogP contribution is -2.43. The Morgan fingerprint density at radius 2 is 1.94 bits per heavy atom. The van der Waals surface area contributed by atoms with Crippen molar-refractivity contribution in [1.29, 1.82) is 0 Å². The molecule has 6 nitrogen and oxygen atoms in total. The van der Waals surface area contributed by atoms with Gasteiger partial charge >= 0.3 is 11.9 Å². The highest BCUT2D eigenvalue weighted by atomic mass is 16.8. The predicted molar refractivity (Wildman–Crippen MR) is 54.2 cm³/mol. The van der Waals surface area contributed by atoms with Crippen LogP contribution in [0.15, 0.2) is 11.5 Å². The fourth-order valence-electron chi connectivity index (χ4n) is 1.19. The fourth-order valence-corrected chi connectivity index (χ4v) is 1.19. The van der Waals surface area contributed by atoms with Crippen molar-refractivity contribution in [3.05, 3.63) is 11.5 Å². The van der Waals surface area contributed by atoms with Crippen molar-refractivity contribution in [1.82, 2.24) is 5.32 Å². The zero-order chi connectivity index (χ0) is 12.5. The van der Waals surface area contributed by atoms with Crippen LogP contribution in [0.2, 0.25) is 0 Å². The average Bonchev–Trinajstić information content (AvgIpc) is 1.96. The number of ether oxygens (including phenoxy) is 2. The second-order valence-corrected chi connectivity index (χ2v) is 4.20. The number of carbonyl (C=O) groups is 2. The average molecular weight is 229 g/mol. The number of aliphatic hydroxyl groups excluding tert-OH is 1. The third-order valence-electron chi connectivity index (χ3n) is 1.75. The molecule has 90 valence electrons. The summed E-state index contributed by atoms with van der Waals surface area (Å²) in [5, 5.41) is 11.9. The van der Waals surface area contributed by atoms with E-state index in [-0.39, 0.29) is 6.04 Å². The van der Waals surface area contributed by atoms with Crippen LogP contribution in [0.25, 0.3) is 0 Å². The Labute approximate surface area is 93.2 Å². The highest BCUT2D eigenvalue weighted by Crippen LogP contribution is 2.25. The molecule has 0 aromatic carbocycles. The number of rotatable bonds is 2. The van der Waals surface area contributed by atoms with Crippen LogP contribution < -0.4 is 5.32 Å². The monoisotopic (exact) mass is 229 g/mol. The maximum Gasteiger partial charge on any atom is 0.354 e. The number of aliphatic hydroxyl groups is 1. The van der Waals surface area contributed by atoms with Gasteiger partial charge in [-0.25, -0.2) is 4.79 Å². The summed E-state index contributed by atoms with van der Waals surface area (Å²) in [6.07, 6.45) is 0. The molecule has 0 aromatic rings. The summed E-state index contributed by atoms with van der Waals surface area (Å²) in [4.78, 5) is 23.0. The molecule has 0 aliphatic carbocycles. The highest BCUT2D eigenvalue weighted by molar-refractivity contribution is 6.16. The first-order valence-corrected chi connectivity index (χ1v) is 4.89. The van der Waals surface area contributed by atoms with Gasteiger partial charge in [0.15, 0.2) is 0 Å². The second kappa shape index (κ2) is 4.03. The molecule has 1 aliphatic heterocycles. The van der Waals surface area contributed by atoms with E-state index >= 15 is 0 Å². The van der Waals surface area contributed by atoms with Crippen molar-refractivity contribution < 1.29 is 24.2 Å². The fraction of sp³-hybridized carbons (Fsp3) is 0.600. The van der Waals surface area contributed by atoms with Crippen LogP contribution in [-0.2, 0) is 19.1 Å². The normalized spacial score (nSPS) is 19.2. The molecule has 0 spiro atoms. The molecule has 0 radical (unpaired) electrons. The lowest BCUT2D eigenvalue weighted by atomic mass is 10.2. The number of esters is 1. The van der Waals surface area contributed by atoms with Gasteiger partial charge < -0.3 is 19.9 Å². The quantitative estimate of drug-likeness (QED) is 0.534.